The van der Waals surface area contributed by atoms with Crippen molar-refractivity contribution in [3.63, 3.8) is 0 Å². The van der Waals surface area contributed by atoms with E-state index in [2.05, 4.69) is 15.2 Å². The molecule has 1 aromatic heterocycles. The average molecular weight is 486 g/mol. The Balaban J connectivity index is 1.33. The number of methoxy groups -OCH3 is 1. The normalized spacial score (nSPS) is 22.1. The first-order valence-electron chi connectivity index (χ1n) is 11.6. The largest absolute Gasteiger partial charge is 0.467 e. The number of pyridine rings is 1. The first-order valence-corrected chi connectivity index (χ1v) is 12.0. The molecule has 7 heteroatoms. The van der Waals surface area contributed by atoms with Crippen molar-refractivity contribution >= 4 is 40.5 Å². The second-order valence-corrected chi connectivity index (χ2v) is 8.96. The van der Waals surface area contributed by atoms with Crippen LogP contribution in [0.15, 0.2) is 65.8 Å². The number of fused-ring (bicyclic) bond motifs is 1. The van der Waals surface area contributed by atoms with Crippen LogP contribution in [0.4, 0.5) is 5.69 Å². The van der Waals surface area contributed by atoms with E-state index in [1.165, 1.54) is 7.11 Å². The molecule has 0 amide bonds. The minimum absolute atomic E-state index is 0.295. The number of esters is 1. The number of carbonyl (C=O) groups is 1. The van der Waals surface area contributed by atoms with Gasteiger partial charge in [0.2, 0.25) is 5.54 Å². The zero-order valence-corrected chi connectivity index (χ0v) is 20.2. The molecule has 2 unspecified atom stereocenters. The van der Waals surface area contributed by atoms with E-state index in [1.54, 1.807) is 12.5 Å². The molecule has 177 valence electrons. The van der Waals surface area contributed by atoms with Gasteiger partial charge in [-0.05, 0) is 61.9 Å². The summed E-state index contributed by atoms with van der Waals surface area (Å²) in [6.07, 6.45) is 12.5. The van der Waals surface area contributed by atoms with Crippen molar-refractivity contribution in [2.75, 3.05) is 25.5 Å². The molecule has 5 rings (SSSR count). The number of anilines is 1. The lowest BCUT2D eigenvalue weighted by molar-refractivity contribution is -0.148. The number of aromatic nitrogens is 1. The van der Waals surface area contributed by atoms with Crippen molar-refractivity contribution in [3.8, 4) is 0 Å². The number of benzene rings is 2. The summed E-state index contributed by atoms with van der Waals surface area (Å²) in [4.78, 5) is 24.6. The average Bonchev–Trinajstić information content (AvgIpc) is 3.55. The van der Waals surface area contributed by atoms with Crippen molar-refractivity contribution in [1.29, 1.82) is 0 Å². The van der Waals surface area contributed by atoms with Gasteiger partial charge in [0.05, 0.1) is 25.0 Å². The maximum Gasteiger partial charge on any atom is 0.340 e. The minimum Gasteiger partial charge on any atom is -0.467 e. The van der Waals surface area contributed by atoms with Crippen LogP contribution in [0.3, 0.4) is 0 Å². The summed E-state index contributed by atoms with van der Waals surface area (Å²) in [6, 6.07) is 17.1. The summed E-state index contributed by atoms with van der Waals surface area (Å²) in [5, 5.41) is 5.22. The van der Waals surface area contributed by atoms with E-state index in [1.807, 2.05) is 80.3 Å². The molecule has 5 radical (unpaired) electrons. The summed E-state index contributed by atoms with van der Waals surface area (Å²) in [5.74, 6) is 0.662. The molecule has 0 saturated heterocycles. The molecule has 3 aromatic rings. The number of halogens is 1. The minimum atomic E-state index is -1.15. The molecule has 0 spiro atoms. The molecule has 6 nitrogen and oxygen atoms in total. The molecule has 2 aromatic carbocycles. The van der Waals surface area contributed by atoms with E-state index in [4.69, 9.17) is 21.3 Å². The fraction of sp³-hybridized carbons (Fsp3) is 0.214. The van der Waals surface area contributed by atoms with Gasteiger partial charge in [-0.15, -0.1) is 0 Å². The molecule has 1 N–H and O–H groups in total. The summed E-state index contributed by atoms with van der Waals surface area (Å²) < 4.78 is 5.29. The molecule has 2 aliphatic rings. The van der Waals surface area contributed by atoms with Gasteiger partial charge < -0.3 is 15.0 Å². The van der Waals surface area contributed by atoms with Crippen LogP contribution in [0.1, 0.15) is 12.0 Å². The van der Waals surface area contributed by atoms with Gasteiger partial charge in [-0.25, -0.2) is 4.79 Å². The molecule has 0 bridgehead atoms. The van der Waals surface area contributed by atoms with Gasteiger partial charge in [-0.3, -0.25) is 9.98 Å². The Morgan fingerprint density at radius 3 is 2.71 bits per heavy atom. The van der Waals surface area contributed by atoms with Crippen LogP contribution in [0.5, 0.6) is 0 Å². The molecule has 2 atom stereocenters. The van der Waals surface area contributed by atoms with Crippen molar-refractivity contribution in [1.82, 2.24) is 9.88 Å². The molecule has 1 fully saturated rings. The summed E-state index contributed by atoms with van der Waals surface area (Å²) in [7, 11) is 1.42. The Morgan fingerprint density at radius 1 is 1.14 bits per heavy atom. The number of hydrogen-bond donors (Lipinski definition) is 1. The maximum atomic E-state index is 13.3. The Bertz CT molecular complexity index is 1210. The highest BCUT2D eigenvalue weighted by Gasteiger charge is 2.56. The Hall–Kier alpha value is -3.12. The maximum absolute atomic E-state index is 13.3. The van der Waals surface area contributed by atoms with Gasteiger partial charge >= 0.3 is 5.97 Å². The van der Waals surface area contributed by atoms with Crippen LogP contribution in [-0.4, -0.2) is 48.4 Å². The van der Waals surface area contributed by atoms with Gasteiger partial charge in [0, 0.05) is 41.3 Å². The van der Waals surface area contributed by atoms with Gasteiger partial charge in [0.15, 0.2) is 0 Å². The summed E-state index contributed by atoms with van der Waals surface area (Å²) in [6.45, 7) is 1.46. The van der Waals surface area contributed by atoms with Crippen molar-refractivity contribution < 1.29 is 9.53 Å². The second kappa shape index (κ2) is 10.2. The third-order valence-electron chi connectivity index (χ3n) is 6.47. The fourth-order valence-corrected chi connectivity index (χ4v) is 5.02. The lowest BCUT2D eigenvalue weighted by Gasteiger charge is -2.39. The highest BCUT2D eigenvalue weighted by molar-refractivity contribution is 6.31. The van der Waals surface area contributed by atoms with Crippen molar-refractivity contribution in [2.45, 2.75) is 18.0 Å². The van der Waals surface area contributed by atoms with E-state index >= 15 is 0 Å². The number of rotatable bonds is 8. The number of ether oxygens (including phenoxy) is 1. The van der Waals surface area contributed by atoms with Crippen LogP contribution < -0.4 is 5.32 Å². The number of carbonyl (C=O) groups excluding carboxylic acids is 1. The molecular weight excluding hydrogens is 460 g/mol. The monoisotopic (exact) mass is 485 g/mol. The van der Waals surface area contributed by atoms with Crippen LogP contribution in [0.2, 0.25) is 5.02 Å². The van der Waals surface area contributed by atoms with Crippen LogP contribution in [-0.2, 0) is 15.1 Å². The van der Waals surface area contributed by atoms with Gasteiger partial charge in [0.1, 0.15) is 0 Å². The Labute approximate surface area is 211 Å². The van der Waals surface area contributed by atoms with Gasteiger partial charge in [-0.2, -0.15) is 0 Å². The standard InChI is InChI=1S/C28H26ClN4O2/c1-35-27(34)28(21-10-3-2-4-11-21)26(20-8-5-6-9-20)33(19-32-28)17-7-15-30-24-14-16-31-25-18-22(29)12-13-23(24)25/h2-6,8-14,16,18-19,26H,7,15,17H2,1H3,(H,30,31). The van der Waals surface area contributed by atoms with E-state index in [-0.39, 0.29) is 12.0 Å². The molecule has 2 heterocycles. The van der Waals surface area contributed by atoms with Gasteiger partial charge in [-0.1, -0.05) is 41.9 Å². The van der Waals surface area contributed by atoms with E-state index in [0.29, 0.717) is 11.6 Å². The van der Waals surface area contributed by atoms with E-state index in [9.17, 15) is 4.79 Å². The fourth-order valence-electron chi connectivity index (χ4n) is 4.86. The zero-order valence-electron chi connectivity index (χ0n) is 19.4. The summed E-state index contributed by atoms with van der Waals surface area (Å²) >= 11 is 6.12. The zero-order chi connectivity index (χ0) is 24.3. The van der Waals surface area contributed by atoms with Crippen LogP contribution in [0, 0.1) is 31.6 Å². The highest BCUT2D eigenvalue weighted by atomic mass is 35.5. The quantitative estimate of drug-likeness (QED) is 0.364. The number of aliphatic imine (C=N–C) groups is 1. The van der Waals surface area contributed by atoms with Crippen molar-refractivity contribution in [3.05, 3.63) is 103 Å². The predicted octanol–water partition coefficient (Wildman–Crippen LogP) is 4.88. The topological polar surface area (TPSA) is 66.8 Å². The number of nitrogens with one attached hydrogen (secondary N) is 1. The smallest absolute Gasteiger partial charge is 0.340 e. The molecular formula is C28H26ClN4O2. The van der Waals surface area contributed by atoms with Gasteiger partial charge in [0.25, 0.3) is 0 Å². The lowest BCUT2D eigenvalue weighted by atomic mass is 9.76. The van der Waals surface area contributed by atoms with E-state index in [0.717, 1.165) is 41.0 Å². The first kappa shape index (κ1) is 23.6. The number of nitrogens with zero attached hydrogens (tertiary/aromatic N) is 3. The second-order valence-electron chi connectivity index (χ2n) is 8.53. The molecule has 1 saturated carbocycles. The molecule has 35 heavy (non-hydrogen) atoms. The first-order chi connectivity index (χ1) is 17.1. The van der Waals surface area contributed by atoms with Crippen LogP contribution in [0.25, 0.3) is 10.9 Å². The lowest BCUT2D eigenvalue weighted by Crippen LogP contribution is -2.52. The van der Waals surface area contributed by atoms with E-state index < -0.39 is 5.54 Å². The third kappa shape index (κ3) is 4.47. The van der Waals surface area contributed by atoms with Crippen LogP contribution >= 0.6 is 11.6 Å². The van der Waals surface area contributed by atoms with Crippen molar-refractivity contribution in [2.24, 2.45) is 4.99 Å². The predicted molar refractivity (Wildman–Crippen MR) is 139 cm³/mol. The highest BCUT2D eigenvalue weighted by Crippen LogP contribution is 2.45. The third-order valence-corrected chi connectivity index (χ3v) is 6.70. The Kier molecular flexibility index (Phi) is 6.91. The SMILES string of the molecule is COC(=O)C1(c2ccccc2)N=CN(CCCNc2ccnc3cc(Cl)ccc23)C1[C]1[CH][CH][CH][CH]1. The molecule has 1 aliphatic heterocycles. The summed E-state index contributed by atoms with van der Waals surface area (Å²) in [5.41, 5.74) is 1.54. The number of hydrogen-bond acceptors (Lipinski definition) is 6. The Morgan fingerprint density at radius 2 is 1.94 bits per heavy atom. The molecule has 1 aliphatic carbocycles.